The summed E-state index contributed by atoms with van der Waals surface area (Å²) in [7, 11) is 0. The Morgan fingerprint density at radius 3 is 1.52 bits per heavy atom. The van der Waals surface area contributed by atoms with Gasteiger partial charge in [0.2, 0.25) is 0 Å². The topological polar surface area (TPSA) is 83.8 Å². The predicted molar refractivity (Wildman–Crippen MR) is 76.4 cm³/mol. The minimum atomic E-state index is -1.12. The second-order valence-electron chi connectivity index (χ2n) is 4.61. The van der Waals surface area contributed by atoms with E-state index < -0.39 is 11.9 Å². The first-order valence-electron chi connectivity index (χ1n) is 6.25. The third-order valence-electron chi connectivity index (χ3n) is 3.12. The maximum atomic E-state index is 11.3. The molecular formula is C16H14O5. The molecule has 0 aromatic heterocycles. The van der Waals surface area contributed by atoms with Crippen molar-refractivity contribution in [2.24, 2.45) is 0 Å². The van der Waals surface area contributed by atoms with E-state index in [1.165, 1.54) is 12.1 Å². The van der Waals surface area contributed by atoms with Crippen LogP contribution in [-0.4, -0.2) is 22.2 Å². The molecule has 0 unspecified atom stereocenters. The van der Waals surface area contributed by atoms with Gasteiger partial charge >= 0.3 is 11.9 Å². The van der Waals surface area contributed by atoms with E-state index in [1.54, 1.807) is 38.1 Å². The summed E-state index contributed by atoms with van der Waals surface area (Å²) in [6.45, 7) is 3.31. The summed E-state index contributed by atoms with van der Waals surface area (Å²) in [6.07, 6.45) is 0. The fraction of sp³-hybridized carbons (Fsp3) is 0.125. The van der Waals surface area contributed by atoms with Gasteiger partial charge in [0.25, 0.3) is 0 Å². The fourth-order valence-electron chi connectivity index (χ4n) is 2.12. The summed E-state index contributed by atoms with van der Waals surface area (Å²) in [5.41, 5.74) is 1.14. The number of hydrogen-bond acceptors (Lipinski definition) is 3. The van der Waals surface area contributed by atoms with Crippen LogP contribution in [0.1, 0.15) is 31.8 Å². The van der Waals surface area contributed by atoms with E-state index in [0.29, 0.717) is 11.1 Å². The van der Waals surface area contributed by atoms with Crippen LogP contribution >= 0.6 is 0 Å². The van der Waals surface area contributed by atoms with Gasteiger partial charge in [0.1, 0.15) is 22.6 Å². The van der Waals surface area contributed by atoms with E-state index in [9.17, 15) is 19.8 Å². The molecule has 0 aliphatic heterocycles. The Bertz CT molecular complexity index is 657. The SMILES string of the molecule is Cc1cccc(Oc2cccc(C)c2C(=O)O)c1C(=O)O. The van der Waals surface area contributed by atoms with Gasteiger partial charge in [-0.05, 0) is 37.1 Å². The van der Waals surface area contributed by atoms with E-state index in [2.05, 4.69) is 0 Å². The Labute approximate surface area is 121 Å². The van der Waals surface area contributed by atoms with Gasteiger partial charge in [-0.15, -0.1) is 0 Å². The summed E-state index contributed by atoms with van der Waals surface area (Å²) in [4.78, 5) is 22.6. The van der Waals surface area contributed by atoms with Crippen LogP contribution in [0.15, 0.2) is 36.4 Å². The summed E-state index contributed by atoms with van der Waals surface area (Å²) >= 11 is 0. The summed E-state index contributed by atoms with van der Waals surface area (Å²) in [5.74, 6) is -1.99. The number of aryl methyl sites for hydroxylation is 2. The number of ether oxygens (including phenoxy) is 1. The van der Waals surface area contributed by atoms with Gasteiger partial charge < -0.3 is 14.9 Å². The van der Waals surface area contributed by atoms with Crippen LogP contribution in [0.3, 0.4) is 0 Å². The van der Waals surface area contributed by atoms with Gasteiger partial charge in [-0.1, -0.05) is 24.3 Å². The molecule has 2 aromatic carbocycles. The Balaban J connectivity index is 2.54. The van der Waals surface area contributed by atoms with Crippen LogP contribution in [0.2, 0.25) is 0 Å². The van der Waals surface area contributed by atoms with Crippen LogP contribution in [0.5, 0.6) is 11.5 Å². The van der Waals surface area contributed by atoms with E-state index in [-0.39, 0.29) is 22.6 Å². The van der Waals surface area contributed by atoms with E-state index in [0.717, 1.165) is 0 Å². The maximum Gasteiger partial charge on any atom is 0.339 e. The number of carbonyl (C=O) groups is 2. The van der Waals surface area contributed by atoms with Crippen molar-refractivity contribution in [2.45, 2.75) is 13.8 Å². The average Bonchev–Trinajstić information content (AvgIpc) is 2.37. The lowest BCUT2D eigenvalue weighted by Crippen LogP contribution is -2.06. The zero-order chi connectivity index (χ0) is 15.6. The van der Waals surface area contributed by atoms with Gasteiger partial charge in [-0.3, -0.25) is 0 Å². The number of aromatic carboxylic acids is 2. The third kappa shape index (κ3) is 2.86. The highest BCUT2D eigenvalue weighted by Crippen LogP contribution is 2.31. The molecule has 21 heavy (non-hydrogen) atoms. The van der Waals surface area contributed by atoms with Crippen LogP contribution < -0.4 is 4.74 Å². The van der Waals surface area contributed by atoms with Crippen molar-refractivity contribution in [1.29, 1.82) is 0 Å². The molecule has 0 spiro atoms. The maximum absolute atomic E-state index is 11.3. The van der Waals surface area contributed by atoms with Gasteiger partial charge in [0.05, 0.1) is 0 Å². The molecule has 0 saturated carbocycles. The van der Waals surface area contributed by atoms with Crippen molar-refractivity contribution in [2.75, 3.05) is 0 Å². The number of rotatable bonds is 4. The molecule has 2 rings (SSSR count). The molecule has 0 heterocycles. The molecule has 2 aromatic rings. The first-order valence-corrected chi connectivity index (χ1v) is 6.25. The number of carboxylic acids is 2. The van der Waals surface area contributed by atoms with Crippen molar-refractivity contribution in [3.05, 3.63) is 58.7 Å². The molecule has 0 aliphatic carbocycles. The largest absolute Gasteiger partial charge is 0.478 e. The lowest BCUT2D eigenvalue weighted by Gasteiger charge is -2.13. The Kier molecular flexibility index (Phi) is 3.93. The van der Waals surface area contributed by atoms with E-state index >= 15 is 0 Å². The quantitative estimate of drug-likeness (QED) is 0.898. The summed E-state index contributed by atoms with van der Waals surface area (Å²) < 4.78 is 5.56. The van der Waals surface area contributed by atoms with Crippen LogP contribution in [0, 0.1) is 13.8 Å². The Morgan fingerprint density at radius 2 is 1.19 bits per heavy atom. The molecule has 0 bridgehead atoms. The van der Waals surface area contributed by atoms with Crippen molar-refractivity contribution >= 4 is 11.9 Å². The fourth-order valence-corrected chi connectivity index (χ4v) is 2.12. The second kappa shape index (κ2) is 5.66. The Hall–Kier alpha value is -2.82. The van der Waals surface area contributed by atoms with E-state index in [4.69, 9.17) is 4.74 Å². The zero-order valence-corrected chi connectivity index (χ0v) is 11.6. The van der Waals surface area contributed by atoms with Crippen LogP contribution in [0.25, 0.3) is 0 Å². The van der Waals surface area contributed by atoms with Crippen LogP contribution in [-0.2, 0) is 0 Å². The predicted octanol–water partition coefficient (Wildman–Crippen LogP) is 3.49. The lowest BCUT2D eigenvalue weighted by atomic mass is 10.1. The van der Waals surface area contributed by atoms with Crippen molar-refractivity contribution in [3.8, 4) is 11.5 Å². The molecule has 5 heteroatoms. The molecule has 2 N–H and O–H groups in total. The number of carboxylic acid groups (broad SMARTS) is 2. The standard InChI is InChI=1S/C16H14O5/c1-9-5-3-7-11(13(9)15(17)18)21-12-8-4-6-10(2)14(12)16(19)20/h3-8H,1-2H3,(H,17,18)(H,19,20). The van der Waals surface area contributed by atoms with Crippen LogP contribution in [0.4, 0.5) is 0 Å². The smallest absolute Gasteiger partial charge is 0.339 e. The van der Waals surface area contributed by atoms with Gasteiger partial charge in [-0.2, -0.15) is 0 Å². The molecule has 0 radical (unpaired) electrons. The molecule has 0 aliphatic rings. The summed E-state index contributed by atoms with van der Waals surface area (Å²) in [6, 6.07) is 9.64. The molecule has 5 nitrogen and oxygen atoms in total. The molecule has 0 saturated heterocycles. The first kappa shape index (κ1) is 14.6. The minimum absolute atomic E-state index is 0.0235. The van der Waals surface area contributed by atoms with Crippen molar-refractivity contribution in [3.63, 3.8) is 0 Å². The lowest BCUT2D eigenvalue weighted by molar-refractivity contribution is 0.0686. The van der Waals surface area contributed by atoms with Gasteiger partial charge in [0.15, 0.2) is 0 Å². The summed E-state index contributed by atoms with van der Waals surface area (Å²) in [5, 5.41) is 18.5. The molecule has 0 fully saturated rings. The van der Waals surface area contributed by atoms with Crippen molar-refractivity contribution < 1.29 is 24.5 Å². The highest BCUT2D eigenvalue weighted by atomic mass is 16.5. The second-order valence-corrected chi connectivity index (χ2v) is 4.61. The highest BCUT2D eigenvalue weighted by molar-refractivity contribution is 5.94. The first-order chi connectivity index (χ1) is 9.91. The average molecular weight is 286 g/mol. The number of hydrogen-bond donors (Lipinski definition) is 2. The third-order valence-corrected chi connectivity index (χ3v) is 3.12. The monoisotopic (exact) mass is 286 g/mol. The van der Waals surface area contributed by atoms with Gasteiger partial charge in [0, 0.05) is 0 Å². The number of benzene rings is 2. The minimum Gasteiger partial charge on any atom is -0.478 e. The van der Waals surface area contributed by atoms with Gasteiger partial charge in [-0.25, -0.2) is 9.59 Å². The zero-order valence-electron chi connectivity index (χ0n) is 11.6. The van der Waals surface area contributed by atoms with E-state index in [1.807, 2.05) is 0 Å². The highest BCUT2D eigenvalue weighted by Gasteiger charge is 2.19. The molecular weight excluding hydrogens is 272 g/mol. The molecule has 0 atom stereocenters. The normalized spacial score (nSPS) is 10.2. The Morgan fingerprint density at radius 1 is 0.810 bits per heavy atom. The molecule has 0 amide bonds. The molecule has 108 valence electrons. The van der Waals surface area contributed by atoms with Crippen molar-refractivity contribution in [1.82, 2.24) is 0 Å².